The molecule has 0 saturated carbocycles. The van der Waals surface area contributed by atoms with E-state index < -0.39 is 0 Å². The molecule has 0 spiro atoms. The van der Waals surface area contributed by atoms with Gasteiger partial charge in [0, 0.05) is 56.1 Å². The molecule has 2 aromatic heterocycles. The highest BCUT2D eigenvalue weighted by Gasteiger charge is 2.37. The number of benzene rings is 5. The summed E-state index contributed by atoms with van der Waals surface area (Å²) in [6.45, 7) is 2.41. The largest absolute Gasteiger partial charge is 0.313 e. The lowest BCUT2D eigenvalue weighted by Gasteiger charge is -2.35. The van der Waals surface area contributed by atoms with E-state index in [4.69, 9.17) is 27.6 Å². The zero-order valence-electron chi connectivity index (χ0n) is 30.7. The van der Waals surface area contributed by atoms with Crippen molar-refractivity contribution in [2.45, 2.75) is 48.8 Å². The van der Waals surface area contributed by atoms with Gasteiger partial charge in [-0.05, 0) is 89.2 Å². The maximum Gasteiger partial charge on any atom is 0.163 e. The van der Waals surface area contributed by atoms with E-state index in [1.165, 1.54) is 49.6 Å². The summed E-state index contributed by atoms with van der Waals surface area (Å²) >= 11 is 5.04. The summed E-state index contributed by atoms with van der Waals surface area (Å²) in [4.78, 5) is 16.1. The Morgan fingerprint density at radius 2 is 1.47 bits per heavy atom. The Morgan fingerprint density at radius 3 is 2.24 bits per heavy atom. The molecule has 266 valence electrons. The molecule has 55 heavy (non-hydrogen) atoms. The van der Waals surface area contributed by atoms with E-state index in [1.807, 2.05) is 18.2 Å². The van der Waals surface area contributed by atoms with E-state index in [0.717, 1.165) is 46.8 Å². The van der Waals surface area contributed by atoms with E-state index in [2.05, 4.69) is 157 Å². The van der Waals surface area contributed by atoms with Gasteiger partial charge in [-0.2, -0.15) is 0 Å². The van der Waals surface area contributed by atoms with Crippen molar-refractivity contribution in [1.29, 1.82) is 0 Å². The van der Waals surface area contributed by atoms with Gasteiger partial charge in [0.15, 0.2) is 11.6 Å². The minimum atomic E-state index is 0.108. The number of hydrogen-bond acceptors (Lipinski definition) is 4. The second-order valence-corrected chi connectivity index (χ2v) is 15.3. The first-order valence-electron chi connectivity index (χ1n) is 19.3. The van der Waals surface area contributed by atoms with Crippen LogP contribution >= 0.6 is 12.6 Å². The Kier molecular flexibility index (Phi) is 8.52. The molecule has 0 bridgehead atoms. The van der Waals surface area contributed by atoms with Crippen LogP contribution in [0.2, 0.25) is 0 Å². The third kappa shape index (κ3) is 5.91. The van der Waals surface area contributed by atoms with Crippen LogP contribution in [0.3, 0.4) is 0 Å². The maximum absolute atomic E-state index is 5.08. The maximum atomic E-state index is 5.08. The number of aromatic nitrogens is 4. The average molecular weight is 729 g/mol. The summed E-state index contributed by atoms with van der Waals surface area (Å²) in [5.74, 6) is 2.59. The summed E-state index contributed by atoms with van der Waals surface area (Å²) < 4.78 is 2.51. The molecule has 3 atom stereocenters. The minimum Gasteiger partial charge on any atom is -0.313 e. The number of fused-ring (bicyclic) bond motifs is 5. The molecule has 3 aliphatic rings. The molecule has 0 aliphatic heterocycles. The highest BCUT2D eigenvalue weighted by Crippen LogP contribution is 2.53. The highest BCUT2D eigenvalue weighted by molar-refractivity contribution is 7.80. The summed E-state index contributed by atoms with van der Waals surface area (Å²) in [6.07, 6.45) is 20.8. The Labute approximate surface area is 327 Å². The van der Waals surface area contributed by atoms with Gasteiger partial charge in [0.25, 0.3) is 0 Å². The second-order valence-electron chi connectivity index (χ2n) is 14.8. The van der Waals surface area contributed by atoms with Gasteiger partial charge in [-0.25, -0.2) is 15.0 Å². The quantitative estimate of drug-likeness (QED) is 0.173. The second kappa shape index (κ2) is 14.0. The summed E-state index contributed by atoms with van der Waals surface area (Å²) in [5, 5.41) is 3.83. The van der Waals surface area contributed by atoms with Gasteiger partial charge in [-0.15, -0.1) is 12.6 Å². The Hall–Kier alpha value is -6.04. The number of rotatable bonds is 6. The normalized spacial score (nSPS) is 19.1. The SMILES string of the molecule is CC1c2c(c3c4ccccc4ccc3n2-c2ccc(-c3nc(-c4ccccc4)nc(C4C=CC=CC4)n3)cc2)C=C(C2=CC=CCC2)C1c1ccccc1S. The molecule has 0 amide bonds. The fourth-order valence-corrected chi connectivity index (χ4v) is 9.21. The number of allylic oxidation sites excluding steroid dienone is 9. The van der Waals surface area contributed by atoms with E-state index in [1.54, 1.807) is 0 Å². The predicted molar refractivity (Wildman–Crippen MR) is 230 cm³/mol. The molecule has 0 N–H and O–H groups in total. The molecular weight excluding hydrogens is 689 g/mol. The molecule has 4 nitrogen and oxygen atoms in total. The monoisotopic (exact) mass is 728 g/mol. The van der Waals surface area contributed by atoms with Crippen LogP contribution in [0.5, 0.6) is 0 Å². The van der Waals surface area contributed by atoms with Crippen molar-refractivity contribution in [2.24, 2.45) is 0 Å². The van der Waals surface area contributed by atoms with Gasteiger partial charge in [-0.3, -0.25) is 0 Å². The standard InChI is InChI=1S/C50H40N4S/c1-32-45(40-23-13-14-24-44(40)55)41(33-15-5-2-6-16-33)31-42-46-39-22-12-11-17-34(39)27-30-43(46)54(47(32)42)38-28-25-37(26-29-38)50-52-48(35-18-7-3-8-19-35)51-49(53-50)36-20-9-4-10-21-36/h2-5,7-15,17-20,22-32,36,45,55H,6,16,21H2,1H3. The molecule has 3 unspecified atom stereocenters. The highest BCUT2D eigenvalue weighted by atomic mass is 32.1. The average Bonchev–Trinajstić information content (AvgIpc) is 3.60. The van der Waals surface area contributed by atoms with Crippen molar-refractivity contribution in [2.75, 3.05) is 0 Å². The molecule has 0 radical (unpaired) electrons. The van der Waals surface area contributed by atoms with Gasteiger partial charge in [0.2, 0.25) is 0 Å². The third-order valence-corrected chi connectivity index (χ3v) is 11.9. The van der Waals surface area contributed by atoms with Gasteiger partial charge in [0.1, 0.15) is 5.82 Å². The molecule has 0 saturated heterocycles. The topological polar surface area (TPSA) is 43.6 Å². The third-order valence-electron chi connectivity index (χ3n) is 11.5. The molecule has 7 aromatic rings. The van der Waals surface area contributed by atoms with Crippen LogP contribution in [0, 0.1) is 0 Å². The number of nitrogens with zero attached hydrogens (tertiary/aromatic N) is 4. The molecular formula is C50H40N4S. The zero-order chi connectivity index (χ0) is 36.9. The van der Waals surface area contributed by atoms with Crippen LogP contribution in [0.4, 0.5) is 0 Å². The Morgan fingerprint density at radius 1 is 0.709 bits per heavy atom. The van der Waals surface area contributed by atoms with E-state index in [0.29, 0.717) is 11.6 Å². The van der Waals surface area contributed by atoms with Crippen LogP contribution in [0.15, 0.2) is 174 Å². The molecule has 10 rings (SSSR count). The van der Waals surface area contributed by atoms with E-state index in [-0.39, 0.29) is 17.8 Å². The van der Waals surface area contributed by atoms with Gasteiger partial charge in [-0.1, -0.05) is 128 Å². The first-order chi connectivity index (χ1) is 27.1. The lowest BCUT2D eigenvalue weighted by Crippen LogP contribution is -2.20. The van der Waals surface area contributed by atoms with E-state index >= 15 is 0 Å². The van der Waals surface area contributed by atoms with Crippen LogP contribution in [-0.4, -0.2) is 19.5 Å². The number of thiol groups is 1. The summed E-state index contributed by atoms with van der Waals surface area (Å²) in [6, 6.07) is 41.1. The van der Waals surface area contributed by atoms with Gasteiger partial charge >= 0.3 is 0 Å². The number of hydrogen-bond donors (Lipinski definition) is 1. The van der Waals surface area contributed by atoms with Crippen molar-refractivity contribution in [3.05, 3.63) is 192 Å². The van der Waals surface area contributed by atoms with Crippen LogP contribution in [0.1, 0.15) is 66.6 Å². The molecule has 0 fully saturated rings. The van der Waals surface area contributed by atoms with Crippen LogP contribution < -0.4 is 0 Å². The summed E-state index contributed by atoms with van der Waals surface area (Å²) in [5.41, 5.74) is 11.0. The van der Waals surface area contributed by atoms with Crippen molar-refractivity contribution >= 4 is 40.4 Å². The molecule has 5 aromatic carbocycles. The van der Waals surface area contributed by atoms with Gasteiger partial charge in [0.05, 0.1) is 5.52 Å². The van der Waals surface area contributed by atoms with Crippen molar-refractivity contribution < 1.29 is 0 Å². The van der Waals surface area contributed by atoms with Crippen molar-refractivity contribution in [3.63, 3.8) is 0 Å². The fraction of sp³-hybridized carbons (Fsp3) is 0.140. The molecule has 3 aliphatic carbocycles. The molecule has 2 heterocycles. The first-order valence-corrected chi connectivity index (χ1v) is 19.7. The summed E-state index contributed by atoms with van der Waals surface area (Å²) in [7, 11) is 0. The van der Waals surface area contributed by atoms with Crippen molar-refractivity contribution in [1.82, 2.24) is 19.5 Å². The fourth-order valence-electron chi connectivity index (χ4n) is 8.91. The van der Waals surface area contributed by atoms with Crippen LogP contribution in [0.25, 0.3) is 56.2 Å². The predicted octanol–water partition coefficient (Wildman–Crippen LogP) is 12.8. The van der Waals surface area contributed by atoms with Gasteiger partial charge < -0.3 is 4.57 Å². The van der Waals surface area contributed by atoms with Crippen molar-refractivity contribution in [3.8, 4) is 28.5 Å². The lowest BCUT2D eigenvalue weighted by molar-refractivity contribution is 0.606. The molecule has 5 heteroatoms. The smallest absolute Gasteiger partial charge is 0.163 e. The Balaban J connectivity index is 1.17. The lowest BCUT2D eigenvalue weighted by atomic mass is 9.71. The van der Waals surface area contributed by atoms with Crippen LogP contribution in [-0.2, 0) is 0 Å². The van der Waals surface area contributed by atoms with E-state index in [9.17, 15) is 0 Å². The Bertz CT molecular complexity index is 2770. The first kappa shape index (κ1) is 33.5. The minimum absolute atomic E-state index is 0.108. The zero-order valence-corrected chi connectivity index (χ0v) is 31.6.